The van der Waals surface area contributed by atoms with E-state index in [2.05, 4.69) is 10.3 Å². The van der Waals surface area contributed by atoms with Crippen molar-refractivity contribution < 1.29 is 14.3 Å². The molecule has 3 aromatic rings. The zero-order chi connectivity index (χ0) is 18.7. The molecule has 0 fully saturated rings. The standard InChI is InChI=1S/C20H19N3O3/c1-23(2)18-12-15(8-9-21-18)19(24)22-17-11-14-7-5-4-6-13(14)10-16(17)20(25)26-3/h4-12H,1-3H3,(H,22,24). The number of nitrogens with zero attached hydrogens (tertiary/aromatic N) is 2. The predicted octanol–water partition coefficient (Wildman–Crippen LogP) is 3.34. The summed E-state index contributed by atoms with van der Waals surface area (Å²) >= 11 is 0. The van der Waals surface area contributed by atoms with Gasteiger partial charge in [0.25, 0.3) is 5.91 Å². The lowest BCUT2D eigenvalue weighted by molar-refractivity contribution is 0.0602. The average Bonchev–Trinajstić information content (AvgIpc) is 2.66. The smallest absolute Gasteiger partial charge is 0.339 e. The largest absolute Gasteiger partial charge is 0.465 e. The van der Waals surface area contributed by atoms with Crippen molar-refractivity contribution in [3.05, 3.63) is 65.9 Å². The number of aromatic nitrogens is 1. The van der Waals surface area contributed by atoms with Gasteiger partial charge >= 0.3 is 5.97 Å². The molecule has 0 aliphatic rings. The number of hydrogen-bond acceptors (Lipinski definition) is 5. The summed E-state index contributed by atoms with van der Waals surface area (Å²) in [5.41, 5.74) is 1.16. The van der Waals surface area contributed by atoms with Gasteiger partial charge in [0, 0.05) is 25.9 Å². The highest BCUT2D eigenvalue weighted by Gasteiger charge is 2.16. The lowest BCUT2D eigenvalue weighted by Gasteiger charge is -2.14. The Hall–Kier alpha value is -3.41. The maximum absolute atomic E-state index is 12.7. The summed E-state index contributed by atoms with van der Waals surface area (Å²) < 4.78 is 4.86. The Morgan fingerprint density at radius 3 is 2.38 bits per heavy atom. The molecule has 0 atom stereocenters. The van der Waals surface area contributed by atoms with Crippen LogP contribution in [0.25, 0.3) is 10.8 Å². The van der Waals surface area contributed by atoms with E-state index >= 15 is 0 Å². The third kappa shape index (κ3) is 3.49. The number of fused-ring (bicyclic) bond motifs is 1. The highest BCUT2D eigenvalue weighted by Crippen LogP contribution is 2.25. The molecule has 0 bridgehead atoms. The van der Waals surface area contributed by atoms with Crippen LogP contribution in [0.15, 0.2) is 54.7 Å². The third-order valence-electron chi connectivity index (χ3n) is 4.01. The number of hydrogen-bond donors (Lipinski definition) is 1. The molecule has 0 saturated carbocycles. The number of esters is 1. The van der Waals surface area contributed by atoms with E-state index in [1.165, 1.54) is 7.11 Å². The fourth-order valence-electron chi connectivity index (χ4n) is 2.62. The van der Waals surface area contributed by atoms with Crippen molar-refractivity contribution >= 4 is 34.2 Å². The SMILES string of the molecule is COC(=O)c1cc2ccccc2cc1NC(=O)c1ccnc(N(C)C)c1. The predicted molar refractivity (Wildman–Crippen MR) is 102 cm³/mol. The molecular weight excluding hydrogens is 330 g/mol. The summed E-state index contributed by atoms with van der Waals surface area (Å²) in [6.07, 6.45) is 1.58. The second-order valence-electron chi connectivity index (χ2n) is 5.99. The minimum absolute atomic E-state index is 0.307. The van der Waals surface area contributed by atoms with Crippen molar-refractivity contribution in [3.8, 4) is 0 Å². The molecule has 6 nitrogen and oxygen atoms in total. The molecule has 2 aromatic carbocycles. The summed E-state index contributed by atoms with van der Waals surface area (Å²) in [4.78, 5) is 30.8. The van der Waals surface area contributed by atoms with Crippen molar-refractivity contribution in [1.29, 1.82) is 0 Å². The fraction of sp³-hybridized carbons (Fsp3) is 0.150. The molecule has 1 heterocycles. The van der Waals surface area contributed by atoms with Gasteiger partial charge in [-0.3, -0.25) is 4.79 Å². The third-order valence-corrected chi connectivity index (χ3v) is 4.01. The first kappa shape index (κ1) is 17.4. The lowest BCUT2D eigenvalue weighted by Crippen LogP contribution is -2.17. The number of carbonyl (C=O) groups excluding carboxylic acids is 2. The van der Waals surface area contributed by atoms with Crippen molar-refractivity contribution in [3.63, 3.8) is 0 Å². The van der Waals surface area contributed by atoms with E-state index < -0.39 is 5.97 Å². The van der Waals surface area contributed by atoms with E-state index in [0.717, 1.165) is 10.8 Å². The first-order valence-corrected chi connectivity index (χ1v) is 8.05. The molecule has 0 unspecified atom stereocenters. The van der Waals surface area contributed by atoms with Gasteiger partial charge in [0.15, 0.2) is 0 Å². The van der Waals surface area contributed by atoms with Crippen molar-refractivity contribution in [2.75, 3.05) is 31.4 Å². The summed E-state index contributed by atoms with van der Waals surface area (Å²) in [6, 6.07) is 14.4. The van der Waals surface area contributed by atoms with Gasteiger partial charge in [0.05, 0.1) is 18.4 Å². The van der Waals surface area contributed by atoms with E-state index in [1.54, 1.807) is 30.5 Å². The highest BCUT2D eigenvalue weighted by atomic mass is 16.5. The van der Waals surface area contributed by atoms with Crippen molar-refractivity contribution in [1.82, 2.24) is 4.98 Å². The van der Waals surface area contributed by atoms with Gasteiger partial charge in [-0.05, 0) is 35.0 Å². The molecule has 3 rings (SSSR count). The average molecular weight is 349 g/mol. The molecule has 6 heteroatoms. The van der Waals surface area contributed by atoms with Crippen LogP contribution < -0.4 is 10.2 Å². The first-order chi connectivity index (χ1) is 12.5. The van der Waals surface area contributed by atoms with Gasteiger partial charge in [0.2, 0.25) is 0 Å². The van der Waals surface area contributed by atoms with Crippen LogP contribution in [0, 0.1) is 0 Å². The van der Waals surface area contributed by atoms with Crippen LogP contribution in [0.2, 0.25) is 0 Å². The summed E-state index contributed by atoms with van der Waals surface area (Å²) in [7, 11) is 5.01. The molecule has 1 N–H and O–H groups in total. The first-order valence-electron chi connectivity index (χ1n) is 8.05. The molecule has 1 aromatic heterocycles. The van der Waals surface area contributed by atoms with Gasteiger partial charge in [-0.1, -0.05) is 24.3 Å². The van der Waals surface area contributed by atoms with Crippen LogP contribution in [-0.2, 0) is 4.74 Å². The molecular formula is C20H19N3O3. The number of rotatable bonds is 4. The quantitative estimate of drug-likeness (QED) is 0.732. The minimum atomic E-state index is -0.505. The maximum atomic E-state index is 12.7. The number of anilines is 2. The maximum Gasteiger partial charge on any atom is 0.339 e. The monoisotopic (exact) mass is 349 g/mol. The van der Waals surface area contributed by atoms with E-state index in [-0.39, 0.29) is 5.91 Å². The van der Waals surface area contributed by atoms with Crippen LogP contribution in [-0.4, -0.2) is 38.1 Å². The van der Waals surface area contributed by atoms with Gasteiger partial charge < -0.3 is 15.0 Å². The lowest BCUT2D eigenvalue weighted by atomic mass is 10.0. The molecule has 0 aliphatic heterocycles. The number of methoxy groups -OCH3 is 1. The van der Waals surface area contributed by atoms with Crippen LogP contribution in [0.3, 0.4) is 0 Å². The number of amides is 1. The topological polar surface area (TPSA) is 71.5 Å². The van der Waals surface area contributed by atoms with Gasteiger partial charge in [-0.15, -0.1) is 0 Å². The van der Waals surface area contributed by atoms with Crippen molar-refractivity contribution in [2.45, 2.75) is 0 Å². The van der Waals surface area contributed by atoms with E-state index in [9.17, 15) is 9.59 Å². The zero-order valence-electron chi connectivity index (χ0n) is 14.8. The van der Waals surface area contributed by atoms with Crippen LogP contribution >= 0.6 is 0 Å². The number of benzene rings is 2. The van der Waals surface area contributed by atoms with E-state index in [1.807, 2.05) is 43.3 Å². The Kier molecular flexibility index (Phi) is 4.84. The number of pyridine rings is 1. The number of nitrogens with one attached hydrogen (secondary N) is 1. The Balaban J connectivity index is 2.00. The second kappa shape index (κ2) is 7.23. The van der Waals surface area contributed by atoms with Gasteiger partial charge in [-0.25, -0.2) is 9.78 Å². The van der Waals surface area contributed by atoms with Crippen LogP contribution in [0.4, 0.5) is 11.5 Å². The summed E-state index contributed by atoms with van der Waals surface area (Å²) in [6.45, 7) is 0. The molecule has 1 amide bonds. The Morgan fingerprint density at radius 1 is 1.04 bits per heavy atom. The normalized spacial score (nSPS) is 10.4. The van der Waals surface area contributed by atoms with Gasteiger partial charge in [0.1, 0.15) is 5.82 Å². The van der Waals surface area contributed by atoms with Crippen LogP contribution in [0.5, 0.6) is 0 Å². The summed E-state index contributed by atoms with van der Waals surface area (Å²) in [5.74, 6) is -0.157. The van der Waals surface area contributed by atoms with Gasteiger partial charge in [-0.2, -0.15) is 0 Å². The Bertz CT molecular complexity index is 983. The van der Waals surface area contributed by atoms with E-state index in [4.69, 9.17) is 4.74 Å². The number of ether oxygens (including phenoxy) is 1. The zero-order valence-corrected chi connectivity index (χ0v) is 14.8. The molecule has 0 saturated heterocycles. The van der Waals surface area contributed by atoms with E-state index in [0.29, 0.717) is 22.6 Å². The van der Waals surface area contributed by atoms with Crippen molar-refractivity contribution in [2.24, 2.45) is 0 Å². The molecule has 0 radical (unpaired) electrons. The summed E-state index contributed by atoms with van der Waals surface area (Å²) in [5, 5.41) is 4.62. The highest BCUT2D eigenvalue weighted by molar-refractivity contribution is 6.10. The van der Waals surface area contributed by atoms with Crippen LogP contribution in [0.1, 0.15) is 20.7 Å². The molecule has 26 heavy (non-hydrogen) atoms. The Morgan fingerprint density at radius 2 is 1.73 bits per heavy atom. The molecule has 0 aliphatic carbocycles. The Labute approximate surface area is 151 Å². The minimum Gasteiger partial charge on any atom is -0.465 e. The second-order valence-corrected chi connectivity index (χ2v) is 5.99. The fourth-order valence-corrected chi connectivity index (χ4v) is 2.62. The molecule has 132 valence electrons. The molecule has 0 spiro atoms. The number of carbonyl (C=O) groups is 2.